The van der Waals surface area contributed by atoms with Gasteiger partial charge in [-0.2, -0.15) is 0 Å². The van der Waals surface area contributed by atoms with E-state index in [1.54, 1.807) is 0 Å². The Hall–Kier alpha value is -1.45. The summed E-state index contributed by atoms with van der Waals surface area (Å²) in [6.45, 7) is 0.0805. The maximum atomic E-state index is 10.2. The lowest BCUT2D eigenvalue weighted by Crippen LogP contribution is -2.29. The van der Waals surface area contributed by atoms with Crippen LogP contribution in [0.1, 0.15) is 0 Å². The van der Waals surface area contributed by atoms with Crippen LogP contribution in [0.2, 0.25) is 0 Å². The van der Waals surface area contributed by atoms with Gasteiger partial charge in [-0.3, -0.25) is 5.16 Å². The smallest absolute Gasteiger partial charge is 0.197 e. The van der Waals surface area contributed by atoms with Gasteiger partial charge in [-0.05, 0) is 0 Å². The van der Waals surface area contributed by atoms with E-state index in [0.29, 0.717) is 0 Å². The molecule has 0 aromatic rings. The minimum absolute atomic E-state index is 0.000349. The first kappa shape index (κ1) is 16.6. The number of nitro groups is 2. The van der Waals surface area contributed by atoms with E-state index in [1.807, 2.05) is 0 Å². The SMILES string of the molecule is CN(CCO[PH](=N)OCCN(C)[N+](=O)[O-])[N+](=O)[O-]. The van der Waals surface area contributed by atoms with Crippen molar-refractivity contribution < 1.29 is 19.1 Å². The van der Waals surface area contributed by atoms with Gasteiger partial charge < -0.3 is 9.05 Å². The lowest BCUT2D eigenvalue weighted by Gasteiger charge is -2.11. The largest absolute Gasteiger partial charge is 0.324 e. The monoisotopic (exact) mass is 285 g/mol. The highest BCUT2D eigenvalue weighted by Crippen LogP contribution is 2.23. The van der Waals surface area contributed by atoms with E-state index in [9.17, 15) is 20.2 Å². The van der Waals surface area contributed by atoms with Crippen LogP contribution in [0, 0.1) is 25.4 Å². The van der Waals surface area contributed by atoms with Crippen molar-refractivity contribution in [1.82, 2.24) is 10.0 Å². The predicted octanol–water partition coefficient (Wildman–Crippen LogP) is 0.0732. The molecule has 0 aliphatic carbocycles. The van der Waals surface area contributed by atoms with Crippen LogP contribution in [-0.2, 0) is 9.05 Å². The van der Waals surface area contributed by atoms with E-state index >= 15 is 0 Å². The molecule has 1 N–H and O–H groups in total. The van der Waals surface area contributed by atoms with Crippen LogP contribution in [0.15, 0.2) is 0 Å². The van der Waals surface area contributed by atoms with Crippen LogP contribution in [-0.4, -0.2) is 60.5 Å². The Morgan fingerprint density at radius 3 is 1.67 bits per heavy atom. The predicted molar refractivity (Wildman–Crippen MR) is 62.2 cm³/mol. The first-order valence-electron chi connectivity index (χ1n) is 4.89. The summed E-state index contributed by atoms with van der Waals surface area (Å²) in [5.74, 6) is 0. The zero-order chi connectivity index (χ0) is 14.1. The van der Waals surface area contributed by atoms with Crippen LogP contribution in [0.25, 0.3) is 0 Å². The van der Waals surface area contributed by atoms with Crippen molar-refractivity contribution in [3.8, 4) is 0 Å². The molecule has 0 aromatic carbocycles. The molecular formula is C6H16N5O6P. The van der Waals surface area contributed by atoms with E-state index in [1.165, 1.54) is 14.1 Å². The Bertz CT molecular complexity index is 287. The molecule has 18 heavy (non-hydrogen) atoms. The molecule has 0 saturated heterocycles. The molecule has 106 valence electrons. The number of likely N-dealkylation sites (N-methyl/N-ethyl adjacent to an activating group) is 2. The minimum atomic E-state index is -2.28. The average Bonchev–Trinajstić information content (AvgIpc) is 2.28. The fourth-order valence-corrected chi connectivity index (χ4v) is 1.38. The molecule has 0 fully saturated rings. The maximum Gasteiger partial charge on any atom is 0.197 e. The van der Waals surface area contributed by atoms with Crippen molar-refractivity contribution in [2.75, 3.05) is 40.4 Å². The Balaban J connectivity index is 3.61. The van der Waals surface area contributed by atoms with Crippen LogP contribution < -0.4 is 0 Å². The van der Waals surface area contributed by atoms with Gasteiger partial charge in [0, 0.05) is 0 Å². The highest BCUT2D eigenvalue weighted by Gasteiger charge is 2.08. The van der Waals surface area contributed by atoms with Gasteiger partial charge in [0.2, 0.25) is 0 Å². The fourth-order valence-electron chi connectivity index (χ4n) is 0.746. The van der Waals surface area contributed by atoms with Gasteiger partial charge in [0.05, 0.1) is 27.3 Å². The number of nitrogens with one attached hydrogen (secondary N) is 1. The fraction of sp³-hybridized carbons (Fsp3) is 1.00. The van der Waals surface area contributed by atoms with Crippen molar-refractivity contribution in [3.05, 3.63) is 20.2 Å². The zero-order valence-electron chi connectivity index (χ0n) is 10.1. The van der Waals surface area contributed by atoms with Crippen LogP contribution in [0.4, 0.5) is 0 Å². The highest BCUT2D eigenvalue weighted by molar-refractivity contribution is 7.34. The van der Waals surface area contributed by atoms with Crippen LogP contribution in [0.5, 0.6) is 0 Å². The number of hydrogen-bond acceptors (Lipinski definition) is 7. The number of hydrazine groups is 2. The second-order valence-corrected chi connectivity index (χ2v) is 4.37. The third-order valence-corrected chi connectivity index (χ3v) is 2.79. The Morgan fingerprint density at radius 2 is 1.39 bits per heavy atom. The van der Waals surface area contributed by atoms with Gasteiger partial charge in [-0.25, -0.2) is 20.2 Å². The summed E-state index contributed by atoms with van der Waals surface area (Å²) in [7, 11) is 0.289. The van der Waals surface area contributed by atoms with Crippen molar-refractivity contribution in [3.63, 3.8) is 0 Å². The maximum absolute atomic E-state index is 10.2. The summed E-state index contributed by atoms with van der Waals surface area (Å²) in [6.07, 6.45) is 0. The molecule has 0 aromatic heterocycles. The molecular weight excluding hydrogens is 269 g/mol. The summed E-state index contributed by atoms with van der Waals surface area (Å²) >= 11 is 0. The van der Waals surface area contributed by atoms with Gasteiger partial charge in [0.1, 0.15) is 13.1 Å². The molecule has 0 amide bonds. The van der Waals surface area contributed by atoms with Gasteiger partial charge in [0.25, 0.3) is 0 Å². The first-order valence-corrected chi connectivity index (χ1v) is 6.21. The molecule has 0 saturated carbocycles. The van der Waals surface area contributed by atoms with Gasteiger partial charge >= 0.3 is 0 Å². The van der Waals surface area contributed by atoms with Crippen molar-refractivity contribution >= 4 is 8.17 Å². The summed E-state index contributed by atoms with van der Waals surface area (Å²) in [5.41, 5.74) is 0. The molecule has 0 radical (unpaired) electrons. The average molecular weight is 285 g/mol. The van der Waals surface area contributed by atoms with E-state index in [2.05, 4.69) is 0 Å². The normalized spacial score (nSPS) is 10.4. The Morgan fingerprint density at radius 1 is 1.06 bits per heavy atom. The lowest BCUT2D eigenvalue weighted by atomic mass is 10.7. The molecule has 11 nitrogen and oxygen atoms in total. The zero-order valence-corrected chi connectivity index (χ0v) is 11.1. The molecule has 12 heteroatoms. The quantitative estimate of drug-likeness (QED) is 0.338. The van der Waals surface area contributed by atoms with E-state index in [-0.39, 0.29) is 26.3 Å². The molecule has 0 bridgehead atoms. The number of nitrogens with zero attached hydrogens (tertiary/aromatic N) is 4. The standard InChI is InChI=1S/C6H16N5O6P/c1-8(10(12)13)3-5-16-18(7)17-6-4-9(2)11(14)15/h7,18H,3-6H2,1-2H3. The summed E-state index contributed by atoms with van der Waals surface area (Å²) in [5, 5.41) is 28.3. The van der Waals surface area contributed by atoms with Crippen molar-refractivity contribution in [2.45, 2.75) is 0 Å². The Labute approximate surface area is 104 Å². The second-order valence-electron chi connectivity index (χ2n) is 3.22. The van der Waals surface area contributed by atoms with E-state index < -0.39 is 18.2 Å². The topological polar surface area (TPSA) is 135 Å². The van der Waals surface area contributed by atoms with Gasteiger partial charge in [0.15, 0.2) is 18.2 Å². The first-order chi connectivity index (χ1) is 8.34. The molecule has 0 aliphatic heterocycles. The molecule has 0 atom stereocenters. The van der Waals surface area contributed by atoms with E-state index in [4.69, 9.17) is 14.2 Å². The molecule has 0 unspecified atom stereocenters. The Kier molecular flexibility index (Phi) is 7.92. The summed E-state index contributed by atoms with van der Waals surface area (Å²) in [4.78, 5) is 20.4. The lowest BCUT2D eigenvalue weighted by molar-refractivity contribution is -0.649. The van der Waals surface area contributed by atoms with Gasteiger partial charge in [-0.15, -0.1) is 10.0 Å². The van der Waals surface area contributed by atoms with Crippen LogP contribution >= 0.6 is 8.17 Å². The highest BCUT2D eigenvalue weighted by atomic mass is 31.1. The third-order valence-electron chi connectivity index (χ3n) is 1.85. The molecule has 0 heterocycles. The number of hydrogen-bond donors (Lipinski definition) is 1. The summed E-state index contributed by atoms with van der Waals surface area (Å²) in [6, 6.07) is 0. The summed E-state index contributed by atoms with van der Waals surface area (Å²) < 4.78 is 9.83. The molecule has 0 rings (SSSR count). The minimum Gasteiger partial charge on any atom is -0.324 e. The second kappa shape index (κ2) is 8.61. The van der Waals surface area contributed by atoms with E-state index in [0.717, 1.165) is 10.0 Å². The molecule has 0 spiro atoms. The third kappa shape index (κ3) is 7.76. The number of rotatable bonds is 10. The van der Waals surface area contributed by atoms with Crippen molar-refractivity contribution in [2.24, 2.45) is 0 Å². The molecule has 0 aliphatic rings. The van der Waals surface area contributed by atoms with Gasteiger partial charge in [-0.1, -0.05) is 0 Å². The van der Waals surface area contributed by atoms with Crippen molar-refractivity contribution in [1.29, 1.82) is 5.16 Å². The van der Waals surface area contributed by atoms with Crippen LogP contribution in [0.3, 0.4) is 0 Å².